The fourth-order valence-electron chi connectivity index (χ4n) is 1.91. The first-order chi connectivity index (χ1) is 9.63. The summed E-state index contributed by atoms with van der Waals surface area (Å²) in [6.07, 6.45) is 1.56. The minimum Gasteiger partial charge on any atom is -0.397 e. The molecule has 1 aromatic heterocycles. The molecular weight excluding hydrogens is 274 g/mol. The van der Waals surface area contributed by atoms with Gasteiger partial charge in [-0.25, -0.2) is 4.98 Å². The number of nitrogens with two attached hydrogens (primary N) is 1. The Kier molecular flexibility index (Phi) is 4.58. The van der Waals surface area contributed by atoms with E-state index in [2.05, 4.69) is 4.98 Å². The quantitative estimate of drug-likeness (QED) is 0.941. The molecule has 2 aromatic rings. The topological polar surface area (TPSA) is 59.2 Å². The van der Waals surface area contributed by atoms with Crippen LogP contribution in [0.1, 0.15) is 23.0 Å². The molecule has 0 aliphatic rings. The van der Waals surface area contributed by atoms with Gasteiger partial charge in [0.1, 0.15) is 0 Å². The number of hydrogen-bond acceptors (Lipinski definition) is 3. The Bertz CT molecular complexity index is 616. The monoisotopic (exact) mass is 289 g/mol. The highest BCUT2D eigenvalue weighted by Gasteiger charge is 2.18. The molecule has 0 saturated heterocycles. The lowest BCUT2D eigenvalue weighted by Crippen LogP contribution is -2.31. The molecule has 0 bridgehead atoms. The maximum atomic E-state index is 12.5. The van der Waals surface area contributed by atoms with Crippen molar-refractivity contribution in [3.05, 3.63) is 58.9 Å². The van der Waals surface area contributed by atoms with Crippen molar-refractivity contribution < 1.29 is 4.79 Å². The summed E-state index contributed by atoms with van der Waals surface area (Å²) < 4.78 is 0. The third-order valence-corrected chi connectivity index (χ3v) is 3.40. The number of pyridine rings is 1. The van der Waals surface area contributed by atoms with Crippen molar-refractivity contribution in [1.29, 1.82) is 0 Å². The molecule has 0 atom stereocenters. The number of nitrogen functional groups attached to an aromatic ring is 1. The molecule has 20 heavy (non-hydrogen) atoms. The molecule has 2 N–H and O–H groups in total. The van der Waals surface area contributed by atoms with Gasteiger partial charge in [0.25, 0.3) is 5.91 Å². The molecule has 1 aromatic carbocycles. The lowest BCUT2D eigenvalue weighted by atomic mass is 10.2. The van der Waals surface area contributed by atoms with E-state index < -0.39 is 0 Å². The van der Waals surface area contributed by atoms with E-state index in [1.165, 1.54) is 0 Å². The molecule has 0 fully saturated rings. The molecule has 0 aliphatic heterocycles. The average Bonchev–Trinajstić information content (AvgIpc) is 2.46. The summed E-state index contributed by atoms with van der Waals surface area (Å²) in [7, 11) is 0. The Labute approximate surface area is 123 Å². The highest BCUT2D eigenvalue weighted by Crippen LogP contribution is 2.19. The van der Waals surface area contributed by atoms with Gasteiger partial charge in [-0.1, -0.05) is 29.8 Å². The van der Waals surface area contributed by atoms with E-state index in [0.717, 1.165) is 5.56 Å². The van der Waals surface area contributed by atoms with Gasteiger partial charge in [0.2, 0.25) is 0 Å². The van der Waals surface area contributed by atoms with Crippen molar-refractivity contribution in [2.75, 3.05) is 12.3 Å². The van der Waals surface area contributed by atoms with Crippen molar-refractivity contribution >= 4 is 23.2 Å². The van der Waals surface area contributed by atoms with Gasteiger partial charge in [-0.3, -0.25) is 4.79 Å². The zero-order chi connectivity index (χ0) is 14.5. The van der Waals surface area contributed by atoms with Crippen molar-refractivity contribution in [1.82, 2.24) is 9.88 Å². The van der Waals surface area contributed by atoms with E-state index >= 15 is 0 Å². The number of halogens is 1. The average molecular weight is 290 g/mol. The number of rotatable bonds is 4. The van der Waals surface area contributed by atoms with Crippen LogP contribution in [0, 0.1) is 0 Å². The molecule has 0 saturated carbocycles. The standard InChI is InChI=1S/C15H16ClN3O/c1-2-19(10-11-6-3-4-7-12(11)16)15(20)14-13(17)8-5-9-18-14/h3-9H,2,10,17H2,1H3. The first-order valence-electron chi connectivity index (χ1n) is 6.36. The molecule has 1 heterocycles. The maximum Gasteiger partial charge on any atom is 0.274 e. The van der Waals surface area contributed by atoms with E-state index in [-0.39, 0.29) is 11.6 Å². The van der Waals surface area contributed by atoms with Crippen LogP contribution in [-0.2, 0) is 6.54 Å². The second-order valence-electron chi connectivity index (χ2n) is 4.35. The van der Waals surface area contributed by atoms with Crippen molar-refractivity contribution in [2.45, 2.75) is 13.5 Å². The third kappa shape index (κ3) is 3.08. The molecule has 0 spiro atoms. The zero-order valence-electron chi connectivity index (χ0n) is 11.2. The van der Waals surface area contributed by atoms with Gasteiger partial charge in [-0.15, -0.1) is 0 Å². The fourth-order valence-corrected chi connectivity index (χ4v) is 2.10. The molecule has 0 radical (unpaired) electrons. The van der Waals surface area contributed by atoms with E-state index in [1.807, 2.05) is 31.2 Å². The Hall–Kier alpha value is -2.07. The summed E-state index contributed by atoms with van der Waals surface area (Å²) in [5.41, 5.74) is 7.37. The smallest absolute Gasteiger partial charge is 0.274 e. The van der Waals surface area contributed by atoms with Crippen LogP contribution in [-0.4, -0.2) is 22.3 Å². The summed E-state index contributed by atoms with van der Waals surface area (Å²) in [4.78, 5) is 18.2. The summed E-state index contributed by atoms with van der Waals surface area (Å²) in [5, 5.41) is 0.646. The largest absolute Gasteiger partial charge is 0.397 e. The molecule has 4 nitrogen and oxygen atoms in total. The van der Waals surface area contributed by atoms with E-state index in [9.17, 15) is 4.79 Å². The van der Waals surface area contributed by atoms with E-state index in [1.54, 1.807) is 23.2 Å². The lowest BCUT2D eigenvalue weighted by molar-refractivity contribution is 0.0748. The van der Waals surface area contributed by atoms with Gasteiger partial charge in [0.05, 0.1) is 5.69 Å². The number of carbonyl (C=O) groups excluding carboxylic acids is 1. The number of nitrogens with zero attached hydrogens (tertiary/aromatic N) is 2. The molecule has 5 heteroatoms. The number of hydrogen-bond donors (Lipinski definition) is 1. The predicted octanol–water partition coefficient (Wildman–Crippen LogP) is 2.98. The highest BCUT2D eigenvalue weighted by atomic mass is 35.5. The second kappa shape index (κ2) is 6.39. The van der Waals surface area contributed by atoms with Gasteiger partial charge in [-0.05, 0) is 30.7 Å². The van der Waals surface area contributed by atoms with Crippen LogP contribution < -0.4 is 5.73 Å². The Balaban J connectivity index is 2.23. The molecule has 0 aliphatic carbocycles. The SMILES string of the molecule is CCN(Cc1ccccc1Cl)C(=O)c1ncccc1N. The van der Waals surface area contributed by atoms with Crippen LogP contribution in [0.25, 0.3) is 0 Å². The Morgan fingerprint density at radius 2 is 2.05 bits per heavy atom. The normalized spacial score (nSPS) is 10.3. The summed E-state index contributed by atoms with van der Waals surface area (Å²) in [6, 6.07) is 10.8. The maximum absolute atomic E-state index is 12.5. The first-order valence-corrected chi connectivity index (χ1v) is 6.74. The minimum absolute atomic E-state index is 0.189. The van der Waals surface area contributed by atoms with Gasteiger partial charge in [0.15, 0.2) is 5.69 Å². The van der Waals surface area contributed by atoms with Crippen molar-refractivity contribution in [2.24, 2.45) is 0 Å². The first kappa shape index (κ1) is 14.3. The lowest BCUT2D eigenvalue weighted by Gasteiger charge is -2.21. The molecule has 0 unspecified atom stereocenters. The van der Waals surface area contributed by atoms with Gasteiger partial charge >= 0.3 is 0 Å². The van der Waals surface area contributed by atoms with Crippen molar-refractivity contribution in [3.8, 4) is 0 Å². The van der Waals surface area contributed by atoms with E-state index in [0.29, 0.717) is 23.8 Å². The highest BCUT2D eigenvalue weighted by molar-refractivity contribution is 6.31. The number of carbonyl (C=O) groups is 1. The molecule has 104 valence electrons. The van der Waals surface area contributed by atoms with Crippen LogP contribution >= 0.6 is 11.6 Å². The molecule has 1 amide bonds. The molecular formula is C15H16ClN3O. The zero-order valence-corrected chi connectivity index (χ0v) is 12.0. The van der Waals surface area contributed by atoms with Gasteiger partial charge < -0.3 is 10.6 Å². The summed E-state index contributed by atoms with van der Waals surface area (Å²) in [6.45, 7) is 2.90. The summed E-state index contributed by atoms with van der Waals surface area (Å²) >= 11 is 6.13. The summed E-state index contributed by atoms with van der Waals surface area (Å²) in [5.74, 6) is -0.189. The molecule has 2 rings (SSSR count). The van der Waals surface area contributed by atoms with Crippen LogP contribution in [0.3, 0.4) is 0 Å². The number of anilines is 1. The number of amides is 1. The van der Waals surface area contributed by atoms with Crippen LogP contribution in [0.15, 0.2) is 42.6 Å². The Morgan fingerprint density at radius 1 is 1.30 bits per heavy atom. The third-order valence-electron chi connectivity index (χ3n) is 3.03. The number of aromatic nitrogens is 1. The van der Waals surface area contributed by atoms with E-state index in [4.69, 9.17) is 17.3 Å². The fraction of sp³-hybridized carbons (Fsp3) is 0.200. The minimum atomic E-state index is -0.189. The predicted molar refractivity (Wildman–Crippen MR) is 80.5 cm³/mol. The van der Waals surface area contributed by atoms with Crippen LogP contribution in [0.2, 0.25) is 5.02 Å². The Morgan fingerprint density at radius 3 is 2.70 bits per heavy atom. The van der Waals surface area contributed by atoms with Gasteiger partial charge in [-0.2, -0.15) is 0 Å². The van der Waals surface area contributed by atoms with Crippen molar-refractivity contribution in [3.63, 3.8) is 0 Å². The van der Waals surface area contributed by atoms with Crippen LogP contribution in [0.5, 0.6) is 0 Å². The van der Waals surface area contributed by atoms with Crippen LogP contribution in [0.4, 0.5) is 5.69 Å². The second-order valence-corrected chi connectivity index (χ2v) is 4.76. The van der Waals surface area contributed by atoms with Gasteiger partial charge in [0, 0.05) is 24.3 Å². The number of benzene rings is 1.